The number of hydrogen-bond donors (Lipinski definition) is 2. The van der Waals surface area contributed by atoms with Crippen molar-refractivity contribution in [3.8, 4) is 0 Å². The second-order valence-corrected chi connectivity index (χ2v) is 9.65. The van der Waals surface area contributed by atoms with Gasteiger partial charge in [0, 0.05) is 30.4 Å². The Morgan fingerprint density at radius 1 is 1.30 bits per heavy atom. The third-order valence-electron chi connectivity index (χ3n) is 5.56. The number of nitrogens with zero attached hydrogens (tertiary/aromatic N) is 2. The van der Waals surface area contributed by atoms with E-state index >= 15 is 0 Å². The van der Waals surface area contributed by atoms with E-state index in [2.05, 4.69) is 14.7 Å². The van der Waals surface area contributed by atoms with E-state index in [4.69, 9.17) is 0 Å². The van der Waals surface area contributed by atoms with Crippen LogP contribution in [0.3, 0.4) is 0 Å². The molecule has 0 radical (unpaired) electrons. The molecule has 2 atom stereocenters. The first-order chi connectivity index (χ1) is 12.7. The monoisotopic (exact) mass is 396 g/mol. The summed E-state index contributed by atoms with van der Waals surface area (Å²) in [6.45, 7) is 6.45. The SMILES string of the molecule is CC[C@@H]1CN(C(=O)Cc2c(C)nc(C)[nH]c2=O)CC[C@@H]1NS(=O)(=O)C1CC1. The van der Waals surface area contributed by atoms with Crippen LogP contribution in [0, 0.1) is 19.8 Å². The van der Waals surface area contributed by atoms with E-state index in [9.17, 15) is 18.0 Å². The van der Waals surface area contributed by atoms with Crippen molar-refractivity contribution in [2.24, 2.45) is 5.92 Å². The molecule has 0 aromatic carbocycles. The number of nitrogens with one attached hydrogen (secondary N) is 2. The Hall–Kier alpha value is -1.74. The first kappa shape index (κ1) is 20.0. The molecule has 2 fully saturated rings. The van der Waals surface area contributed by atoms with Crippen molar-refractivity contribution < 1.29 is 13.2 Å². The summed E-state index contributed by atoms with van der Waals surface area (Å²) in [4.78, 5) is 33.5. The number of H-pyrrole nitrogens is 1. The van der Waals surface area contributed by atoms with Gasteiger partial charge in [0.05, 0.1) is 11.7 Å². The van der Waals surface area contributed by atoms with Gasteiger partial charge >= 0.3 is 0 Å². The largest absolute Gasteiger partial charge is 0.342 e. The van der Waals surface area contributed by atoms with Crippen LogP contribution in [-0.2, 0) is 21.2 Å². The number of carbonyl (C=O) groups excluding carboxylic acids is 1. The van der Waals surface area contributed by atoms with Gasteiger partial charge in [-0.3, -0.25) is 9.59 Å². The van der Waals surface area contributed by atoms with Crippen molar-refractivity contribution in [1.29, 1.82) is 0 Å². The minimum atomic E-state index is -3.24. The number of aromatic amines is 1. The van der Waals surface area contributed by atoms with Crippen molar-refractivity contribution in [3.05, 3.63) is 27.4 Å². The predicted molar refractivity (Wildman–Crippen MR) is 102 cm³/mol. The molecule has 1 aliphatic heterocycles. The van der Waals surface area contributed by atoms with Crippen molar-refractivity contribution in [2.75, 3.05) is 13.1 Å². The highest BCUT2D eigenvalue weighted by atomic mass is 32.2. The number of sulfonamides is 1. The summed E-state index contributed by atoms with van der Waals surface area (Å²) in [6, 6.07) is -0.129. The molecule has 0 bridgehead atoms. The number of hydrogen-bond acceptors (Lipinski definition) is 5. The smallest absolute Gasteiger partial charge is 0.254 e. The maximum Gasteiger partial charge on any atom is 0.254 e. The fraction of sp³-hybridized carbons (Fsp3) is 0.722. The first-order valence-electron chi connectivity index (χ1n) is 9.56. The highest BCUT2D eigenvalue weighted by Gasteiger charge is 2.40. The van der Waals surface area contributed by atoms with E-state index in [1.54, 1.807) is 18.7 Å². The lowest BCUT2D eigenvalue weighted by molar-refractivity contribution is -0.132. The minimum absolute atomic E-state index is 0.0172. The predicted octanol–water partition coefficient (Wildman–Crippen LogP) is 0.638. The second-order valence-electron chi connectivity index (χ2n) is 7.66. The Morgan fingerprint density at radius 3 is 2.59 bits per heavy atom. The van der Waals surface area contributed by atoms with Crippen LogP contribution in [0.25, 0.3) is 0 Å². The van der Waals surface area contributed by atoms with Crippen LogP contribution in [0.1, 0.15) is 49.7 Å². The second kappa shape index (κ2) is 7.71. The molecule has 27 heavy (non-hydrogen) atoms. The van der Waals surface area contributed by atoms with Gasteiger partial charge in [0.1, 0.15) is 5.82 Å². The van der Waals surface area contributed by atoms with E-state index in [1.807, 2.05) is 6.92 Å². The molecule has 1 amide bonds. The number of aromatic nitrogens is 2. The van der Waals surface area contributed by atoms with Crippen LogP contribution in [0.5, 0.6) is 0 Å². The quantitative estimate of drug-likeness (QED) is 0.733. The number of carbonyl (C=O) groups is 1. The average Bonchev–Trinajstić information content (AvgIpc) is 3.43. The standard InChI is InChI=1S/C18H28N4O4S/c1-4-13-10-22(8-7-16(13)21-27(25,26)14-5-6-14)17(23)9-15-11(2)19-12(3)20-18(15)24/h13-14,16,21H,4-10H2,1-3H3,(H,19,20,24)/t13-,16+/m1/s1. The number of aryl methyl sites for hydroxylation is 2. The van der Waals surface area contributed by atoms with Gasteiger partial charge in [0.15, 0.2) is 0 Å². The maximum atomic E-state index is 12.7. The molecule has 0 unspecified atom stereocenters. The zero-order chi connectivity index (χ0) is 19.8. The van der Waals surface area contributed by atoms with Crippen molar-refractivity contribution >= 4 is 15.9 Å². The maximum absolute atomic E-state index is 12.7. The summed E-state index contributed by atoms with van der Waals surface area (Å²) in [7, 11) is -3.24. The molecular weight excluding hydrogens is 368 g/mol. The van der Waals surface area contributed by atoms with Gasteiger partial charge in [-0.05, 0) is 39.0 Å². The molecule has 2 N–H and O–H groups in total. The van der Waals surface area contributed by atoms with Gasteiger partial charge in [-0.15, -0.1) is 0 Å². The third-order valence-corrected chi connectivity index (χ3v) is 7.54. The number of rotatable bonds is 6. The fourth-order valence-electron chi connectivity index (χ4n) is 3.74. The minimum Gasteiger partial charge on any atom is -0.342 e. The Kier molecular flexibility index (Phi) is 5.71. The molecule has 9 heteroatoms. The highest BCUT2D eigenvalue weighted by Crippen LogP contribution is 2.30. The number of amides is 1. The molecular formula is C18H28N4O4S. The lowest BCUT2D eigenvalue weighted by Gasteiger charge is -2.38. The fourth-order valence-corrected chi connectivity index (χ4v) is 5.42. The molecule has 1 saturated carbocycles. The molecule has 0 spiro atoms. The van der Waals surface area contributed by atoms with Gasteiger partial charge in [-0.2, -0.15) is 0 Å². The molecule has 150 valence electrons. The summed E-state index contributed by atoms with van der Waals surface area (Å²) in [5.74, 6) is 0.492. The Morgan fingerprint density at radius 2 is 2.00 bits per heavy atom. The van der Waals surface area contributed by atoms with E-state index in [1.165, 1.54) is 0 Å². The average molecular weight is 397 g/mol. The highest BCUT2D eigenvalue weighted by molar-refractivity contribution is 7.90. The van der Waals surface area contributed by atoms with Gasteiger partial charge in [0.25, 0.3) is 5.56 Å². The Labute approximate surface area is 159 Å². The van der Waals surface area contributed by atoms with Crippen molar-refractivity contribution in [1.82, 2.24) is 19.6 Å². The van der Waals surface area contributed by atoms with Crippen LogP contribution in [0.15, 0.2) is 4.79 Å². The van der Waals surface area contributed by atoms with Gasteiger partial charge in [0.2, 0.25) is 15.9 Å². The van der Waals surface area contributed by atoms with Gasteiger partial charge in [-0.25, -0.2) is 18.1 Å². The summed E-state index contributed by atoms with van der Waals surface area (Å²) in [6.07, 6.45) is 2.87. The van der Waals surface area contributed by atoms with Crippen LogP contribution < -0.4 is 10.3 Å². The zero-order valence-corrected chi connectivity index (χ0v) is 16.9. The summed E-state index contributed by atoms with van der Waals surface area (Å²) in [5.41, 5.74) is 0.700. The number of likely N-dealkylation sites (tertiary alicyclic amines) is 1. The van der Waals surface area contributed by atoms with Crippen LogP contribution in [-0.4, -0.2) is 53.6 Å². The topological polar surface area (TPSA) is 112 Å². The van der Waals surface area contributed by atoms with Crippen LogP contribution >= 0.6 is 0 Å². The first-order valence-corrected chi connectivity index (χ1v) is 11.1. The van der Waals surface area contributed by atoms with E-state index in [-0.39, 0.29) is 35.1 Å². The molecule has 1 aliphatic carbocycles. The lowest BCUT2D eigenvalue weighted by Crippen LogP contribution is -2.53. The van der Waals surface area contributed by atoms with Gasteiger partial charge in [-0.1, -0.05) is 13.3 Å². The number of piperidine rings is 1. The molecule has 2 heterocycles. The van der Waals surface area contributed by atoms with Crippen molar-refractivity contribution in [2.45, 2.75) is 64.2 Å². The molecule has 1 aromatic heterocycles. The summed E-state index contributed by atoms with van der Waals surface area (Å²) in [5, 5.41) is -0.238. The summed E-state index contributed by atoms with van der Waals surface area (Å²) >= 11 is 0. The van der Waals surface area contributed by atoms with Crippen LogP contribution in [0.4, 0.5) is 0 Å². The lowest BCUT2D eigenvalue weighted by atomic mass is 9.90. The Bertz CT molecular complexity index is 876. The molecule has 8 nitrogen and oxygen atoms in total. The van der Waals surface area contributed by atoms with Gasteiger partial charge < -0.3 is 9.88 Å². The molecule has 1 saturated heterocycles. The van der Waals surface area contributed by atoms with E-state index in [0.29, 0.717) is 36.6 Å². The molecule has 3 rings (SSSR count). The Balaban J connectivity index is 1.65. The third kappa shape index (κ3) is 4.57. The van der Waals surface area contributed by atoms with E-state index in [0.717, 1.165) is 19.3 Å². The normalized spacial score (nSPS) is 23.4. The summed E-state index contributed by atoms with van der Waals surface area (Å²) < 4.78 is 27.4. The molecule has 2 aliphatic rings. The zero-order valence-electron chi connectivity index (χ0n) is 16.1. The van der Waals surface area contributed by atoms with E-state index < -0.39 is 10.0 Å². The molecule has 1 aromatic rings. The van der Waals surface area contributed by atoms with Crippen molar-refractivity contribution in [3.63, 3.8) is 0 Å². The van der Waals surface area contributed by atoms with Crippen LogP contribution in [0.2, 0.25) is 0 Å².